The molecule has 0 aromatic heterocycles. The Morgan fingerprint density at radius 2 is 2.00 bits per heavy atom. The number of piperidine rings is 1. The number of alkyl halides is 3. The number of likely N-dealkylation sites (tertiary alicyclic amines) is 1. The zero-order valence-corrected chi connectivity index (χ0v) is 16.9. The monoisotopic (exact) mass is 418 g/mol. The average molecular weight is 418 g/mol. The topological polar surface area (TPSA) is 48.9 Å². The SMILES string of the molecule is CN=C(NCCC1CCN(CC(F)(F)F)CC1)NCC(C)Oc1cccc(F)c1. The fraction of sp³-hybridized carbons (Fsp3) is 0.650. The van der Waals surface area contributed by atoms with E-state index in [1.165, 1.54) is 17.0 Å². The van der Waals surface area contributed by atoms with E-state index in [1.54, 1.807) is 19.2 Å². The van der Waals surface area contributed by atoms with Gasteiger partial charge >= 0.3 is 6.18 Å². The molecule has 1 aromatic carbocycles. The summed E-state index contributed by atoms with van der Waals surface area (Å²) in [5.41, 5.74) is 0. The molecule has 0 radical (unpaired) electrons. The van der Waals surface area contributed by atoms with Crippen molar-refractivity contribution in [2.24, 2.45) is 10.9 Å². The summed E-state index contributed by atoms with van der Waals surface area (Å²) in [6.45, 7) is 3.23. The molecule has 1 aliphatic rings. The van der Waals surface area contributed by atoms with Gasteiger partial charge in [-0.15, -0.1) is 0 Å². The molecule has 2 rings (SSSR count). The zero-order chi connectivity index (χ0) is 21.3. The van der Waals surface area contributed by atoms with Crippen LogP contribution in [0.2, 0.25) is 0 Å². The first-order valence-corrected chi connectivity index (χ1v) is 9.91. The average Bonchev–Trinajstić information content (AvgIpc) is 2.64. The number of hydrogen-bond donors (Lipinski definition) is 2. The summed E-state index contributed by atoms with van der Waals surface area (Å²) >= 11 is 0. The van der Waals surface area contributed by atoms with Crippen molar-refractivity contribution in [2.45, 2.75) is 38.5 Å². The van der Waals surface area contributed by atoms with E-state index in [1.807, 2.05) is 6.92 Å². The van der Waals surface area contributed by atoms with Gasteiger partial charge in [0, 0.05) is 19.7 Å². The number of hydrogen-bond acceptors (Lipinski definition) is 3. The van der Waals surface area contributed by atoms with Crippen LogP contribution >= 0.6 is 0 Å². The number of aliphatic imine (C=N–C) groups is 1. The van der Waals surface area contributed by atoms with E-state index in [0.29, 0.717) is 43.8 Å². The van der Waals surface area contributed by atoms with Crippen molar-refractivity contribution in [3.8, 4) is 5.75 Å². The Morgan fingerprint density at radius 1 is 1.28 bits per heavy atom. The van der Waals surface area contributed by atoms with E-state index >= 15 is 0 Å². The maximum atomic E-state index is 13.2. The van der Waals surface area contributed by atoms with Gasteiger partial charge in [-0.2, -0.15) is 13.2 Å². The summed E-state index contributed by atoms with van der Waals surface area (Å²) in [6, 6.07) is 6.00. The Bertz CT molecular complexity index is 646. The van der Waals surface area contributed by atoms with Crippen molar-refractivity contribution in [1.29, 1.82) is 0 Å². The van der Waals surface area contributed by atoms with Crippen molar-refractivity contribution >= 4 is 5.96 Å². The summed E-state index contributed by atoms with van der Waals surface area (Å²) in [7, 11) is 1.67. The van der Waals surface area contributed by atoms with Gasteiger partial charge in [0.2, 0.25) is 0 Å². The molecular formula is C20H30F4N4O. The van der Waals surface area contributed by atoms with Gasteiger partial charge in [-0.25, -0.2) is 4.39 Å². The van der Waals surface area contributed by atoms with Gasteiger partial charge in [0.15, 0.2) is 5.96 Å². The van der Waals surface area contributed by atoms with Crippen LogP contribution < -0.4 is 15.4 Å². The summed E-state index contributed by atoms with van der Waals surface area (Å²) in [6.07, 6.45) is -1.86. The fourth-order valence-electron chi connectivity index (χ4n) is 3.36. The van der Waals surface area contributed by atoms with Crippen molar-refractivity contribution in [3.05, 3.63) is 30.1 Å². The Balaban J connectivity index is 1.62. The summed E-state index contributed by atoms with van der Waals surface area (Å²) in [5, 5.41) is 6.39. The highest BCUT2D eigenvalue weighted by molar-refractivity contribution is 5.79. The molecular weight excluding hydrogens is 388 g/mol. The maximum Gasteiger partial charge on any atom is 0.401 e. The maximum absolute atomic E-state index is 13.2. The Hall–Kier alpha value is -2.03. The van der Waals surface area contributed by atoms with Crippen molar-refractivity contribution < 1.29 is 22.3 Å². The number of guanidine groups is 1. The number of halogens is 4. The minimum Gasteiger partial charge on any atom is -0.489 e. The van der Waals surface area contributed by atoms with Crippen LogP contribution in [0.3, 0.4) is 0 Å². The highest BCUT2D eigenvalue weighted by Crippen LogP contribution is 2.24. The second kappa shape index (κ2) is 11.2. The van der Waals surface area contributed by atoms with E-state index in [-0.39, 0.29) is 11.9 Å². The van der Waals surface area contributed by atoms with E-state index < -0.39 is 12.7 Å². The summed E-state index contributed by atoms with van der Waals surface area (Å²) in [4.78, 5) is 5.64. The fourth-order valence-corrected chi connectivity index (χ4v) is 3.36. The van der Waals surface area contributed by atoms with Gasteiger partial charge in [-0.1, -0.05) is 6.07 Å². The van der Waals surface area contributed by atoms with E-state index in [9.17, 15) is 17.6 Å². The van der Waals surface area contributed by atoms with Crippen LogP contribution in [0.1, 0.15) is 26.2 Å². The first-order valence-electron chi connectivity index (χ1n) is 9.91. The molecule has 0 bridgehead atoms. The normalized spacial score (nSPS) is 17.8. The molecule has 1 unspecified atom stereocenters. The first-order chi connectivity index (χ1) is 13.7. The Morgan fingerprint density at radius 3 is 2.62 bits per heavy atom. The van der Waals surface area contributed by atoms with E-state index in [0.717, 1.165) is 19.3 Å². The van der Waals surface area contributed by atoms with Crippen LogP contribution in [0.5, 0.6) is 5.75 Å². The second-order valence-electron chi connectivity index (χ2n) is 7.39. The second-order valence-corrected chi connectivity index (χ2v) is 7.39. The number of benzene rings is 1. The standard InChI is InChI=1S/C20H30F4N4O/c1-15(29-18-5-3-4-17(21)12-18)13-27-19(25-2)26-9-6-16-7-10-28(11-8-16)14-20(22,23)24/h3-5,12,15-16H,6-11,13-14H2,1-2H3,(H2,25,26,27). The van der Waals surface area contributed by atoms with Crippen LogP contribution in [0.25, 0.3) is 0 Å². The summed E-state index contributed by atoms with van der Waals surface area (Å²) < 4.78 is 56.2. The zero-order valence-electron chi connectivity index (χ0n) is 16.9. The molecule has 1 saturated heterocycles. The predicted molar refractivity (Wildman–Crippen MR) is 106 cm³/mol. The molecule has 0 aliphatic carbocycles. The molecule has 0 amide bonds. The predicted octanol–water partition coefficient (Wildman–Crippen LogP) is 3.42. The smallest absolute Gasteiger partial charge is 0.401 e. The molecule has 0 saturated carbocycles. The van der Waals surface area contributed by atoms with Gasteiger partial charge in [-0.05, 0) is 57.3 Å². The van der Waals surface area contributed by atoms with Gasteiger partial charge in [0.1, 0.15) is 17.7 Å². The molecule has 9 heteroatoms. The summed E-state index contributed by atoms with van der Waals surface area (Å²) in [5.74, 6) is 1.18. The lowest BCUT2D eigenvalue weighted by Crippen LogP contribution is -2.43. The Labute approximate surface area is 169 Å². The van der Waals surface area contributed by atoms with Crippen molar-refractivity contribution in [2.75, 3.05) is 39.8 Å². The highest BCUT2D eigenvalue weighted by Gasteiger charge is 2.32. The third-order valence-corrected chi connectivity index (χ3v) is 4.87. The third kappa shape index (κ3) is 9.34. The lowest BCUT2D eigenvalue weighted by atomic mass is 9.93. The quantitative estimate of drug-likeness (QED) is 0.386. The number of rotatable bonds is 8. The van der Waals surface area contributed by atoms with Crippen LogP contribution in [0.4, 0.5) is 17.6 Å². The van der Waals surface area contributed by atoms with Crippen molar-refractivity contribution in [3.63, 3.8) is 0 Å². The lowest BCUT2D eigenvalue weighted by molar-refractivity contribution is -0.148. The molecule has 1 atom stereocenters. The number of nitrogens with zero attached hydrogens (tertiary/aromatic N) is 2. The molecule has 0 spiro atoms. The minimum atomic E-state index is -4.12. The van der Waals surface area contributed by atoms with E-state index in [2.05, 4.69) is 15.6 Å². The van der Waals surface area contributed by atoms with Crippen LogP contribution in [-0.2, 0) is 0 Å². The minimum absolute atomic E-state index is 0.187. The van der Waals surface area contributed by atoms with Gasteiger partial charge in [-0.3, -0.25) is 9.89 Å². The highest BCUT2D eigenvalue weighted by atomic mass is 19.4. The lowest BCUT2D eigenvalue weighted by Gasteiger charge is -2.32. The first kappa shape index (κ1) is 23.3. The van der Waals surface area contributed by atoms with Crippen LogP contribution in [-0.4, -0.2) is 62.9 Å². The molecule has 29 heavy (non-hydrogen) atoms. The molecule has 5 nitrogen and oxygen atoms in total. The third-order valence-electron chi connectivity index (χ3n) is 4.87. The Kier molecular flexibility index (Phi) is 9.00. The van der Waals surface area contributed by atoms with Crippen molar-refractivity contribution in [1.82, 2.24) is 15.5 Å². The number of nitrogens with one attached hydrogen (secondary N) is 2. The molecule has 1 heterocycles. The number of ether oxygens (including phenoxy) is 1. The largest absolute Gasteiger partial charge is 0.489 e. The molecule has 2 N–H and O–H groups in total. The molecule has 1 aliphatic heterocycles. The molecule has 1 fully saturated rings. The van der Waals surface area contributed by atoms with Gasteiger partial charge in [0.25, 0.3) is 0 Å². The molecule has 1 aromatic rings. The molecule has 164 valence electrons. The van der Waals surface area contributed by atoms with E-state index in [4.69, 9.17) is 4.74 Å². The van der Waals surface area contributed by atoms with Crippen LogP contribution in [0, 0.1) is 11.7 Å². The van der Waals surface area contributed by atoms with Gasteiger partial charge in [0.05, 0.1) is 13.1 Å². The van der Waals surface area contributed by atoms with Gasteiger partial charge < -0.3 is 15.4 Å². The van der Waals surface area contributed by atoms with Crippen LogP contribution in [0.15, 0.2) is 29.3 Å².